The Hall–Kier alpha value is -3.34. The molecular weight excluding hydrogens is 550 g/mol. The lowest BCUT2D eigenvalue weighted by Gasteiger charge is -2.23. The summed E-state index contributed by atoms with van der Waals surface area (Å²) in [6.07, 6.45) is 2.72. The second-order valence-electron chi connectivity index (χ2n) is 9.65. The molecule has 5 rings (SSSR count). The van der Waals surface area contributed by atoms with Gasteiger partial charge in [0, 0.05) is 43.1 Å². The quantitative estimate of drug-likeness (QED) is 0.372. The fraction of sp³-hybridized carbons (Fsp3) is 0.357. The van der Waals surface area contributed by atoms with E-state index in [1.54, 1.807) is 13.1 Å². The summed E-state index contributed by atoms with van der Waals surface area (Å²) in [5.41, 5.74) is 3.68. The molecule has 1 fully saturated rings. The molecule has 2 atom stereocenters. The van der Waals surface area contributed by atoms with Crippen LogP contribution < -0.4 is 10.6 Å². The fourth-order valence-electron chi connectivity index (χ4n) is 4.84. The third-order valence-corrected chi connectivity index (χ3v) is 7.43. The van der Waals surface area contributed by atoms with Crippen LogP contribution in [0.2, 0.25) is 0 Å². The third-order valence-electron chi connectivity index (χ3n) is 6.85. The average Bonchev–Trinajstić information content (AvgIpc) is 3.23. The van der Waals surface area contributed by atoms with Crippen LogP contribution in [-0.2, 0) is 16.1 Å². The molecule has 1 unspecified atom stereocenters. The predicted molar refractivity (Wildman–Crippen MR) is 146 cm³/mol. The zero-order valence-electron chi connectivity index (χ0n) is 21.1. The zero-order valence-corrected chi connectivity index (χ0v) is 22.6. The van der Waals surface area contributed by atoms with Crippen molar-refractivity contribution in [2.75, 3.05) is 25.1 Å². The van der Waals surface area contributed by atoms with E-state index in [1.165, 1.54) is 4.90 Å². The maximum Gasteiger partial charge on any atom is 0.254 e. The molecule has 3 N–H and O–H groups in total. The predicted octanol–water partition coefficient (Wildman–Crippen LogP) is 3.69. The van der Waals surface area contributed by atoms with Crippen LogP contribution >= 0.6 is 15.9 Å². The Labute approximate surface area is 229 Å². The van der Waals surface area contributed by atoms with Crippen molar-refractivity contribution >= 4 is 33.7 Å². The van der Waals surface area contributed by atoms with Gasteiger partial charge in [0.15, 0.2) is 0 Å². The summed E-state index contributed by atoms with van der Waals surface area (Å²) in [5, 5.41) is 16.5. The van der Waals surface area contributed by atoms with E-state index in [9.17, 15) is 14.7 Å². The highest BCUT2D eigenvalue weighted by molar-refractivity contribution is 9.10. The van der Waals surface area contributed by atoms with Gasteiger partial charge in [0.2, 0.25) is 11.9 Å². The number of rotatable bonds is 8. The highest BCUT2D eigenvalue weighted by atomic mass is 79.9. The molecule has 38 heavy (non-hydrogen) atoms. The van der Waals surface area contributed by atoms with Crippen molar-refractivity contribution in [2.45, 2.75) is 44.5 Å². The standard InChI is InChI=1S/C28H30BrN5O4/c1-17(35)25(18-5-3-2-4-6-18)32-24(36)16-34-15-20-8-7-19(13-22(20)27(34)37)26-23(29)14-30-28(33-26)31-21-9-11-38-12-10-21/h2-8,13-14,17,21,25,35H,9-12,15-16H2,1H3,(H,32,36)(H,30,31,33)/t17-,25?/m0/s1. The number of aliphatic hydroxyl groups is 1. The molecule has 3 heterocycles. The van der Waals surface area contributed by atoms with Crippen LogP contribution in [0.15, 0.2) is 59.2 Å². The number of hydrogen-bond donors (Lipinski definition) is 3. The normalized spacial score (nSPS) is 17.1. The van der Waals surface area contributed by atoms with Crippen LogP contribution in [0.5, 0.6) is 0 Å². The molecule has 0 bridgehead atoms. The topological polar surface area (TPSA) is 117 Å². The van der Waals surface area contributed by atoms with Gasteiger partial charge < -0.3 is 25.4 Å². The van der Waals surface area contributed by atoms with Crippen LogP contribution in [0.4, 0.5) is 5.95 Å². The summed E-state index contributed by atoms with van der Waals surface area (Å²) in [7, 11) is 0. The van der Waals surface area contributed by atoms with Crippen LogP contribution in [0, 0.1) is 0 Å². The smallest absolute Gasteiger partial charge is 0.254 e. The number of ether oxygens (including phenoxy) is 1. The van der Waals surface area contributed by atoms with Crippen molar-refractivity contribution in [1.29, 1.82) is 0 Å². The van der Waals surface area contributed by atoms with Gasteiger partial charge in [-0.2, -0.15) is 0 Å². The van der Waals surface area contributed by atoms with E-state index in [1.807, 2.05) is 48.5 Å². The van der Waals surface area contributed by atoms with E-state index >= 15 is 0 Å². The molecule has 2 aliphatic rings. The SMILES string of the molecule is C[C@H](O)C(NC(=O)CN1Cc2ccc(-c3nc(NC4CCOCC4)ncc3Br)cc2C1=O)c1ccccc1. The summed E-state index contributed by atoms with van der Waals surface area (Å²) in [6.45, 7) is 3.30. The summed E-state index contributed by atoms with van der Waals surface area (Å²) >= 11 is 3.54. The Kier molecular flexibility index (Phi) is 8.01. The number of amides is 2. The second kappa shape index (κ2) is 11.6. The van der Waals surface area contributed by atoms with Crippen molar-refractivity contribution in [3.63, 3.8) is 0 Å². The van der Waals surface area contributed by atoms with E-state index in [0.717, 1.165) is 34.0 Å². The van der Waals surface area contributed by atoms with E-state index in [0.29, 0.717) is 37.0 Å². The van der Waals surface area contributed by atoms with E-state index in [4.69, 9.17) is 9.72 Å². The van der Waals surface area contributed by atoms with Gasteiger partial charge in [-0.3, -0.25) is 9.59 Å². The first-order valence-corrected chi connectivity index (χ1v) is 13.5. The summed E-state index contributed by atoms with van der Waals surface area (Å²) < 4.78 is 6.15. The number of nitrogens with zero attached hydrogens (tertiary/aromatic N) is 3. The molecular formula is C28H30BrN5O4. The molecule has 0 aliphatic carbocycles. The molecule has 2 aliphatic heterocycles. The van der Waals surface area contributed by atoms with Crippen LogP contribution in [0.25, 0.3) is 11.3 Å². The highest BCUT2D eigenvalue weighted by Crippen LogP contribution is 2.32. The van der Waals surface area contributed by atoms with E-state index in [2.05, 4.69) is 31.5 Å². The Bertz CT molecular complexity index is 1310. The maximum absolute atomic E-state index is 13.2. The Morgan fingerprint density at radius 3 is 2.71 bits per heavy atom. The molecule has 1 aromatic heterocycles. The molecule has 0 radical (unpaired) electrons. The molecule has 198 valence electrons. The van der Waals surface area contributed by atoms with Gasteiger partial charge in [0.1, 0.15) is 6.54 Å². The number of aliphatic hydroxyl groups excluding tert-OH is 1. The van der Waals surface area contributed by atoms with Crippen molar-refractivity contribution < 1.29 is 19.4 Å². The van der Waals surface area contributed by atoms with Crippen LogP contribution in [-0.4, -0.2) is 63.7 Å². The van der Waals surface area contributed by atoms with Gasteiger partial charge in [-0.1, -0.05) is 42.5 Å². The number of aromatic nitrogens is 2. The lowest BCUT2D eigenvalue weighted by molar-refractivity contribution is -0.123. The summed E-state index contributed by atoms with van der Waals surface area (Å²) in [4.78, 5) is 36.7. The molecule has 1 saturated heterocycles. The first kappa shape index (κ1) is 26.3. The van der Waals surface area contributed by atoms with E-state index in [-0.39, 0.29) is 24.4 Å². The highest BCUT2D eigenvalue weighted by Gasteiger charge is 2.30. The summed E-state index contributed by atoms with van der Waals surface area (Å²) in [5.74, 6) is -0.00847. The lowest BCUT2D eigenvalue weighted by atomic mass is 10.0. The minimum Gasteiger partial charge on any atom is -0.391 e. The average molecular weight is 580 g/mol. The van der Waals surface area contributed by atoms with E-state index < -0.39 is 12.1 Å². The lowest BCUT2D eigenvalue weighted by Crippen LogP contribution is -2.41. The zero-order chi connectivity index (χ0) is 26.6. The Morgan fingerprint density at radius 2 is 1.97 bits per heavy atom. The fourth-order valence-corrected chi connectivity index (χ4v) is 5.26. The molecule has 3 aromatic rings. The summed E-state index contributed by atoms with van der Waals surface area (Å²) in [6, 6.07) is 14.7. The van der Waals surface area contributed by atoms with Crippen LogP contribution in [0.1, 0.15) is 47.3 Å². The third kappa shape index (κ3) is 5.87. The maximum atomic E-state index is 13.2. The molecule has 2 aromatic carbocycles. The number of carbonyl (C=O) groups excluding carboxylic acids is 2. The number of nitrogens with one attached hydrogen (secondary N) is 2. The van der Waals surface area contributed by atoms with Crippen molar-refractivity contribution in [3.05, 3.63) is 75.9 Å². The van der Waals surface area contributed by atoms with Crippen molar-refractivity contribution in [1.82, 2.24) is 20.2 Å². The number of anilines is 1. The molecule has 2 amide bonds. The first-order valence-electron chi connectivity index (χ1n) is 12.7. The number of halogens is 1. The Balaban J connectivity index is 1.28. The molecule has 0 saturated carbocycles. The monoisotopic (exact) mass is 579 g/mol. The van der Waals surface area contributed by atoms with Crippen LogP contribution in [0.3, 0.4) is 0 Å². The second-order valence-corrected chi connectivity index (χ2v) is 10.5. The van der Waals surface area contributed by atoms with Gasteiger partial charge in [-0.05, 0) is 52.9 Å². The first-order chi connectivity index (χ1) is 18.4. The van der Waals surface area contributed by atoms with Gasteiger partial charge in [0.05, 0.1) is 22.3 Å². The van der Waals surface area contributed by atoms with Gasteiger partial charge in [0.25, 0.3) is 5.91 Å². The Morgan fingerprint density at radius 1 is 1.21 bits per heavy atom. The number of carbonyl (C=O) groups is 2. The molecule has 9 nitrogen and oxygen atoms in total. The van der Waals surface area contributed by atoms with Gasteiger partial charge in [-0.15, -0.1) is 0 Å². The van der Waals surface area contributed by atoms with Crippen molar-refractivity contribution in [3.8, 4) is 11.3 Å². The van der Waals surface area contributed by atoms with Gasteiger partial charge in [-0.25, -0.2) is 9.97 Å². The number of fused-ring (bicyclic) bond motifs is 1. The number of benzene rings is 2. The minimum atomic E-state index is -0.785. The number of hydrogen-bond acceptors (Lipinski definition) is 7. The largest absolute Gasteiger partial charge is 0.391 e. The molecule has 0 spiro atoms. The molecule has 10 heteroatoms. The minimum absolute atomic E-state index is 0.102. The van der Waals surface area contributed by atoms with Crippen molar-refractivity contribution in [2.24, 2.45) is 0 Å². The van der Waals surface area contributed by atoms with Gasteiger partial charge >= 0.3 is 0 Å².